The fourth-order valence-corrected chi connectivity index (χ4v) is 4.35. The van der Waals surface area contributed by atoms with E-state index >= 15 is 0 Å². The van der Waals surface area contributed by atoms with Crippen molar-refractivity contribution in [3.8, 4) is 5.75 Å². The highest BCUT2D eigenvalue weighted by Gasteiger charge is 2.48. The number of nitrogens with two attached hydrogens (primary N) is 1. The number of phenolic OH excluding ortho intramolecular Hbond substituents is 1. The molecule has 2 unspecified atom stereocenters. The lowest BCUT2D eigenvalue weighted by molar-refractivity contribution is -0.139. The summed E-state index contributed by atoms with van der Waals surface area (Å²) >= 11 is 0. The molecule has 3 rings (SSSR count). The van der Waals surface area contributed by atoms with Crippen LogP contribution in [0.25, 0.3) is 0 Å². The fraction of sp³-hybridized carbons (Fsp3) is 0.522. The number of hydrogen-bond acceptors (Lipinski definition) is 7. The molecule has 1 heterocycles. The van der Waals surface area contributed by atoms with Crippen molar-refractivity contribution in [3.63, 3.8) is 0 Å². The number of aromatic hydroxyl groups is 1. The molecule has 0 saturated heterocycles. The van der Waals surface area contributed by atoms with Crippen LogP contribution in [0.4, 0.5) is 0 Å². The average Bonchev–Trinajstić information content (AvgIpc) is 2.67. The van der Waals surface area contributed by atoms with Crippen molar-refractivity contribution in [2.24, 2.45) is 22.1 Å². The highest BCUT2D eigenvalue weighted by Crippen LogP contribution is 2.47. The van der Waals surface area contributed by atoms with Crippen molar-refractivity contribution in [1.29, 1.82) is 0 Å². The standard InChI is InChI=1S/C23H30N2O5/c1-4-30-22(28)21-17(13-29-10-9-24)25-16-11-23(2,3)12-18(27)20(16)19(21)14-5-7-15(26)8-6-14/h5-8,19-20,26H,4,9-13,24H2,1-3H3. The molecule has 7 nitrogen and oxygen atoms in total. The van der Waals surface area contributed by atoms with Crippen molar-refractivity contribution in [2.45, 2.75) is 39.5 Å². The molecule has 162 valence electrons. The summed E-state index contributed by atoms with van der Waals surface area (Å²) < 4.78 is 11.0. The number of esters is 1. The molecule has 1 fully saturated rings. The van der Waals surface area contributed by atoms with E-state index in [-0.39, 0.29) is 30.2 Å². The van der Waals surface area contributed by atoms with Gasteiger partial charge in [-0.25, -0.2) is 4.79 Å². The van der Waals surface area contributed by atoms with Crippen LogP contribution >= 0.6 is 0 Å². The number of Topliss-reactive ketones (excluding diaryl/α,β-unsaturated/α-hetero) is 1. The Morgan fingerprint density at radius 3 is 2.57 bits per heavy atom. The van der Waals surface area contributed by atoms with Gasteiger partial charge in [-0.2, -0.15) is 0 Å². The molecule has 30 heavy (non-hydrogen) atoms. The maximum absolute atomic E-state index is 13.2. The summed E-state index contributed by atoms with van der Waals surface area (Å²) in [5.41, 5.74) is 7.71. The second-order valence-electron chi connectivity index (χ2n) is 8.56. The second kappa shape index (κ2) is 9.10. The van der Waals surface area contributed by atoms with Crippen LogP contribution in [0.3, 0.4) is 0 Å². The second-order valence-corrected chi connectivity index (χ2v) is 8.56. The van der Waals surface area contributed by atoms with E-state index in [0.29, 0.717) is 37.3 Å². The number of phenols is 1. The van der Waals surface area contributed by atoms with Crippen LogP contribution in [-0.2, 0) is 19.1 Å². The molecule has 2 aliphatic rings. The Morgan fingerprint density at radius 2 is 1.93 bits per heavy atom. The van der Waals surface area contributed by atoms with E-state index in [1.807, 2.05) is 13.8 Å². The van der Waals surface area contributed by atoms with Crippen molar-refractivity contribution in [2.75, 3.05) is 26.4 Å². The van der Waals surface area contributed by atoms with Crippen LogP contribution in [0.5, 0.6) is 5.75 Å². The van der Waals surface area contributed by atoms with Crippen LogP contribution in [0.15, 0.2) is 40.5 Å². The lowest BCUT2D eigenvalue weighted by atomic mass is 9.63. The minimum Gasteiger partial charge on any atom is -0.508 e. The SMILES string of the molecule is CCOC(=O)C1=C(COCCN)N=C2CC(C)(C)CC(=O)C2C1c1ccc(O)cc1. The molecule has 0 aromatic heterocycles. The Balaban J connectivity index is 2.16. The van der Waals surface area contributed by atoms with Crippen molar-refractivity contribution in [1.82, 2.24) is 0 Å². The minimum absolute atomic E-state index is 0.0619. The molecule has 1 saturated carbocycles. The summed E-state index contributed by atoms with van der Waals surface area (Å²) in [6.45, 7) is 6.86. The van der Waals surface area contributed by atoms with Crippen molar-refractivity contribution in [3.05, 3.63) is 41.1 Å². The van der Waals surface area contributed by atoms with Gasteiger partial charge < -0.3 is 20.3 Å². The number of nitrogens with zero attached hydrogens (tertiary/aromatic N) is 1. The normalized spacial score (nSPS) is 23.1. The number of aliphatic imine (C=N–C) groups is 1. The summed E-state index contributed by atoms with van der Waals surface area (Å²) in [6, 6.07) is 6.61. The highest BCUT2D eigenvalue weighted by atomic mass is 16.5. The highest BCUT2D eigenvalue weighted by molar-refractivity contribution is 6.12. The van der Waals surface area contributed by atoms with Gasteiger partial charge in [0.05, 0.1) is 37.0 Å². The summed E-state index contributed by atoms with van der Waals surface area (Å²) in [7, 11) is 0. The van der Waals surface area contributed by atoms with E-state index in [4.69, 9.17) is 20.2 Å². The van der Waals surface area contributed by atoms with Gasteiger partial charge in [0.15, 0.2) is 0 Å². The smallest absolute Gasteiger partial charge is 0.336 e. The van der Waals surface area contributed by atoms with E-state index in [9.17, 15) is 14.7 Å². The average molecular weight is 415 g/mol. The first-order chi connectivity index (χ1) is 14.3. The first-order valence-corrected chi connectivity index (χ1v) is 10.3. The largest absolute Gasteiger partial charge is 0.508 e. The van der Waals surface area contributed by atoms with Crippen molar-refractivity contribution >= 4 is 17.5 Å². The Hall–Kier alpha value is -2.51. The predicted molar refractivity (Wildman–Crippen MR) is 113 cm³/mol. The van der Waals surface area contributed by atoms with Crippen LogP contribution in [0.1, 0.15) is 45.1 Å². The van der Waals surface area contributed by atoms with E-state index in [0.717, 1.165) is 11.3 Å². The third-order valence-electron chi connectivity index (χ3n) is 5.50. The molecule has 1 aromatic carbocycles. The summed E-state index contributed by atoms with van der Waals surface area (Å²) in [5.74, 6) is -1.38. The Labute approximate surface area is 177 Å². The molecule has 7 heteroatoms. The van der Waals surface area contributed by atoms with Gasteiger partial charge in [-0.05, 0) is 36.5 Å². The first kappa shape index (κ1) is 22.2. The molecule has 0 amide bonds. The van der Waals surface area contributed by atoms with Crippen molar-refractivity contribution < 1.29 is 24.2 Å². The minimum atomic E-state index is -0.530. The number of ether oxygens (including phenoxy) is 2. The lowest BCUT2D eigenvalue weighted by Gasteiger charge is -2.41. The Bertz CT molecular complexity index is 870. The Kier molecular flexibility index (Phi) is 6.73. The lowest BCUT2D eigenvalue weighted by Crippen LogP contribution is -2.44. The molecule has 2 atom stereocenters. The maximum atomic E-state index is 13.2. The van der Waals surface area contributed by atoms with Gasteiger partial charge in [-0.1, -0.05) is 26.0 Å². The molecule has 1 aliphatic heterocycles. The van der Waals surface area contributed by atoms with Gasteiger partial charge in [0, 0.05) is 24.6 Å². The zero-order valence-electron chi connectivity index (χ0n) is 17.8. The maximum Gasteiger partial charge on any atom is 0.336 e. The number of benzene rings is 1. The number of fused-ring (bicyclic) bond motifs is 1. The number of carbonyl (C=O) groups excluding carboxylic acids is 2. The topological polar surface area (TPSA) is 111 Å². The molecule has 0 spiro atoms. The van der Waals surface area contributed by atoms with Gasteiger partial charge in [-0.3, -0.25) is 9.79 Å². The predicted octanol–water partition coefficient (Wildman–Crippen LogP) is 2.73. The van der Waals surface area contributed by atoms with E-state index in [1.54, 1.807) is 31.2 Å². The molecule has 0 bridgehead atoms. The van der Waals surface area contributed by atoms with E-state index in [1.165, 1.54) is 0 Å². The molecule has 0 radical (unpaired) electrons. The summed E-state index contributed by atoms with van der Waals surface area (Å²) in [6.07, 6.45) is 1.08. The van der Waals surface area contributed by atoms with Gasteiger partial charge in [-0.15, -0.1) is 0 Å². The molecular weight excluding hydrogens is 384 g/mol. The van der Waals surface area contributed by atoms with Gasteiger partial charge >= 0.3 is 5.97 Å². The Morgan fingerprint density at radius 1 is 1.23 bits per heavy atom. The monoisotopic (exact) mass is 414 g/mol. The first-order valence-electron chi connectivity index (χ1n) is 10.3. The molecular formula is C23H30N2O5. The number of carbonyl (C=O) groups is 2. The molecule has 1 aliphatic carbocycles. The summed E-state index contributed by atoms with van der Waals surface area (Å²) in [4.78, 5) is 31.0. The third-order valence-corrected chi connectivity index (χ3v) is 5.50. The van der Waals surface area contributed by atoms with Crippen LogP contribution in [0, 0.1) is 11.3 Å². The van der Waals surface area contributed by atoms with Gasteiger partial charge in [0.25, 0.3) is 0 Å². The third kappa shape index (κ3) is 4.63. The molecule has 1 aromatic rings. The molecule has 3 N–H and O–H groups in total. The number of ketones is 1. The van der Waals surface area contributed by atoms with Gasteiger partial charge in [0.1, 0.15) is 11.5 Å². The quantitative estimate of drug-likeness (QED) is 0.524. The zero-order valence-corrected chi connectivity index (χ0v) is 17.8. The van der Waals surface area contributed by atoms with Crippen LogP contribution < -0.4 is 5.73 Å². The van der Waals surface area contributed by atoms with Gasteiger partial charge in [0.2, 0.25) is 0 Å². The number of rotatable bonds is 7. The van der Waals surface area contributed by atoms with Crippen LogP contribution in [0.2, 0.25) is 0 Å². The van der Waals surface area contributed by atoms with Crippen LogP contribution in [-0.4, -0.2) is 48.9 Å². The summed E-state index contributed by atoms with van der Waals surface area (Å²) in [5, 5.41) is 9.74. The zero-order chi connectivity index (χ0) is 21.9. The number of hydrogen-bond donors (Lipinski definition) is 2. The van der Waals surface area contributed by atoms with E-state index < -0.39 is 17.8 Å². The van der Waals surface area contributed by atoms with E-state index in [2.05, 4.69) is 0 Å². The fourth-order valence-electron chi connectivity index (χ4n) is 4.35.